The fraction of sp³-hybridized carbons (Fsp3) is 0.600. The second-order valence-corrected chi connectivity index (χ2v) is 7.17. The van der Waals surface area contributed by atoms with Gasteiger partial charge in [-0.15, -0.1) is 0 Å². The highest BCUT2D eigenvalue weighted by atomic mass is 16.4. The van der Waals surface area contributed by atoms with Crippen LogP contribution in [-0.2, 0) is 22.4 Å². The van der Waals surface area contributed by atoms with Gasteiger partial charge in [0.25, 0.3) is 0 Å². The number of amides is 1. The number of hydrogen-bond donors (Lipinski definition) is 1. The third kappa shape index (κ3) is 4.21. The Morgan fingerprint density at radius 2 is 1.96 bits per heavy atom. The maximum absolute atomic E-state index is 12.1. The molecule has 0 bridgehead atoms. The van der Waals surface area contributed by atoms with Crippen molar-refractivity contribution < 1.29 is 14.7 Å². The molecule has 5 nitrogen and oxygen atoms in total. The highest BCUT2D eigenvalue weighted by Gasteiger charge is 2.24. The van der Waals surface area contributed by atoms with Crippen molar-refractivity contribution in [2.24, 2.45) is 5.92 Å². The molecule has 1 saturated heterocycles. The number of piperidine rings is 1. The monoisotopic (exact) mass is 344 g/mol. The summed E-state index contributed by atoms with van der Waals surface area (Å²) in [4.78, 5) is 27.4. The van der Waals surface area contributed by atoms with Gasteiger partial charge in [0.05, 0.1) is 5.92 Å². The predicted molar refractivity (Wildman–Crippen MR) is 97.9 cm³/mol. The number of carboxylic acid groups (broad SMARTS) is 1. The number of aryl methyl sites for hydroxylation is 1. The smallest absolute Gasteiger partial charge is 0.306 e. The molecule has 0 aliphatic carbocycles. The van der Waals surface area contributed by atoms with Gasteiger partial charge in [-0.3, -0.25) is 9.59 Å². The molecule has 136 valence electrons. The van der Waals surface area contributed by atoms with E-state index in [-0.39, 0.29) is 11.8 Å². The van der Waals surface area contributed by atoms with Crippen molar-refractivity contribution >= 4 is 17.6 Å². The summed E-state index contributed by atoms with van der Waals surface area (Å²) in [5, 5.41) is 9.08. The van der Waals surface area contributed by atoms with Crippen molar-refractivity contribution in [2.75, 3.05) is 31.1 Å². The van der Waals surface area contributed by atoms with Crippen molar-refractivity contribution in [3.05, 3.63) is 29.3 Å². The maximum Gasteiger partial charge on any atom is 0.306 e. The Bertz CT molecular complexity index is 636. The Balaban J connectivity index is 1.58. The third-order valence-corrected chi connectivity index (χ3v) is 5.52. The van der Waals surface area contributed by atoms with Crippen LogP contribution in [0.25, 0.3) is 0 Å². The van der Waals surface area contributed by atoms with Gasteiger partial charge in [-0.2, -0.15) is 0 Å². The van der Waals surface area contributed by atoms with Crippen LogP contribution in [0.15, 0.2) is 18.2 Å². The summed E-state index contributed by atoms with van der Waals surface area (Å²) < 4.78 is 0. The lowest BCUT2D eigenvalue weighted by Gasteiger charge is -2.31. The molecular formula is C20H28N2O3. The largest absolute Gasteiger partial charge is 0.481 e. The van der Waals surface area contributed by atoms with Gasteiger partial charge in [-0.1, -0.05) is 19.1 Å². The Labute approximate surface area is 149 Å². The summed E-state index contributed by atoms with van der Waals surface area (Å²) in [6, 6.07) is 6.51. The van der Waals surface area contributed by atoms with Gasteiger partial charge >= 0.3 is 5.97 Å². The van der Waals surface area contributed by atoms with Crippen molar-refractivity contribution in [3.8, 4) is 0 Å². The number of hydrogen-bond acceptors (Lipinski definition) is 3. The van der Waals surface area contributed by atoms with Crippen LogP contribution in [0.3, 0.4) is 0 Å². The molecule has 1 fully saturated rings. The van der Waals surface area contributed by atoms with Gasteiger partial charge < -0.3 is 14.9 Å². The average molecular weight is 344 g/mol. The van der Waals surface area contributed by atoms with E-state index < -0.39 is 5.97 Å². The topological polar surface area (TPSA) is 60.9 Å². The van der Waals surface area contributed by atoms with Crippen LogP contribution >= 0.6 is 0 Å². The molecule has 2 aliphatic rings. The van der Waals surface area contributed by atoms with E-state index in [1.165, 1.54) is 11.1 Å². The summed E-state index contributed by atoms with van der Waals surface area (Å²) >= 11 is 0. The molecule has 2 heterocycles. The Kier molecular flexibility index (Phi) is 5.74. The lowest BCUT2D eigenvalue weighted by Crippen LogP contribution is -2.37. The van der Waals surface area contributed by atoms with Crippen LogP contribution in [-0.4, -0.2) is 48.1 Å². The molecule has 1 amide bonds. The Hall–Kier alpha value is -1.88. The van der Waals surface area contributed by atoms with Crippen LogP contribution < -0.4 is 4.90 Å². The van der Waals surface area contributed by atoms with Gasteiger partial charge in [0, 0.05) is 25.2 Å². The van der Waals surface area contributed by atoms with Crippen LogP contribution in [0, 0.1) is 5.92 Å². The quantitative estimate of drug-likeness (QED) is 0.892. The summed E-state index contributed by atoms with van der Waals surface area (Å²) in [5.74, 6) is -0.613. The second kappa shape index (κ2) is 8.00. The number of benzene rings is 1. The molecule has 25 heavy (non-hydrogen) atoms. The lowest BCUT2D eigenvalue weighted by atomic mass is 9.96. The lowest BCUT2D eigenvalue weighted by molar-refractivity contribution is -0.143. The van der Waals surface area contributed by atoms with Crippen molar-refractivity contribution in [1.82, 2.24) is 4.90 Å². The van der Waals surface area contributed by atoms with E-state index in [0.717, 1.165) is 64.0 Å². The molecule has 1 aromatic rings. The number of fused-ring (bicyclic) bond motifs is 1. The standard InChI is InChI=1S/C20H28N2O3/c1-2-19(23)22-10-3-4-17-14-15(5-6-18(17)22)7-11-21-12-8-16(9-13-21)20(24)25/h5-6,14,16H,2-4,7-13H2,1H3,(H,24,25). The first kappa shape index (κ1) is 17.9. The van der Waals surface area contributed by atoms with E-state index in [2.05, 4.69) is 23.1 Å². The van der Waals surface area contributed by atoms with E-state index >= 15 is 0 Å². The van der Waals surface area contributed by atoms with E-state index in [1.54, 1.807) is 0 Å². The van der Waals surface area contributed by atoms with Crippen LogP contribution in [0.1, 0.15) is 43.7 Å². The first-order chi connectivity index (χ1) is 12.1. The minimum Gasteiger partial charge on any atom is -0.481 e. The minimum absolute atomic E-state index is 0.165. The van der Waals surface area contributed by atoms with Crippen molar-refractivity contribution in [2.45, 2.75) is 45.4 Å². The normalized spacial score (nSPS) is 18.8. The van der Waals surface area contributed by atoms with Crippen LogP contribution in [0.2, 0.25) is 0 Å². The number of carboxylic acids is 1. The molecule has 0 spiro atoms. The summed E-state index contributed by atoms with van der Waals surface area (Å²) in [5.41, 5.74) is 3.68. The molecule has 0 aromatic heterocycles. The molecule has 0 saturated carbocycles. The zero-order valence-electron chi connectivity index (χ0n) is 15.0. The van der Waals surface area contributed by atoms with Crippen molar-refractivity contribution in [1.29, 1.82) is 0 Å². The van der Waals surface area contributed by atoms with E-state index in [9.17, 15) is 9.59 Å². The summed E-state index contributed by atoms with van der Waals surface area (Å²) in [6.45, 7) is 5.47. The van der Waals surface area contributed by atoms with Gasteiger partial charge in [0.15, 0.2) is 0 Å². The zero-order chi connectivity index (χ0) is 17.8. The molecule has 5 heteroatoms. The fourth-order valence-electron chi connectivity index (χ4n) is 3.95. The van der Waals surface area contributed by atoms with E-state index in [1.807, 2.05) is 11.8 Å². The molecule has 1 aromatic carbocycles. The molecule has 2 aliphatic heterocycles. The molecule has 0 unspecified atom stereocenters. The summed E-state index contributed by atoms with van der Waals surface area (Å²) in [6.07, 6.45) is 5.12. The van der Waals surface area contributed by atoms with Crippen LogP contribution in [0.4, 0.5) is 5.69 Å². The van der Waals surface area contributed by atoms with Crippen molar-refractivity contribution in [3.63, 3.8) is 0 Å². The number of carbonyl (C=O) groups excluding carboxylic acids is 1. The van der Waals surface area contributed by atoms with Gasteiger partial charge in [-0.05, 0) is 62.4 Å². The number of anilines is 1. The summed E-state index contributed by atoms with van der Waals surface area (Å²) in [7, 11) is 0. The molecule has 3 rings (SSSR count). The third-order valence-electron chi connectivity index (χ3n) is 5.52. The van der Waals surface area contributed by atoms with Gasteiger partial charge in [-0.25, -0.2) is 0 Å². The Morgan fingerprint density at radius 3 is 2.64 bits per heavy atom. The van der Waals surface area contributed by atoms with Crippen LogP contribution in [0.5, 0.6) is 0 Å². The first-order valence-corrected chi connectivity index (χ1v) is 9.45. The first-order valence-electron chi connectivity index (χ1n) is 9.45. The average Bonchev–Trinajstić information content (AvgIpc) is 2.65. The minimum atomic E-state index is -0.652. The molecule has 1 N–H and O–H groups in total. The molecule has 0 radical (unpaired) electrons. The molecular weight excluding hydrogens is 316 g/mol. The fourth-order valence-corrected chi connectivity index (χ4v) is 3.95. The number of carbonyl (C=O) groups is 2. The maximum atomic E-state index is 12.1. The zero-order valence-corrected chi connectivity index (χ0v) is 15.0. The number of rotatable bonds is 5. The molecule has 0 atom stereocenters. The highest BCUT2D eigenvalue weighted by molar-refractivity contribution is 5.94. The highest BCUT2D eigenvalue weighted by Crippen LogP contribution is 2.29. The number of nitrogens with zero attached hydrogens (tertiary/aromatic N) is 2. The number of aliphatic carboxylic acids is 1. The predicted octanol–water partition coefficient (Wildman–Crippen LogP) is 2.71. The van der Waals surface area contributed by atoms with E-state index in [0.29, 0.717) is 6.42 Å². The van der Waals surface area contributed by atoms with E-state index in [4.69, 9.17) is 5.11 Å². The van der Waals surface area contributed by atoms with Gasteiger partial charge in [0.1, 0.15) is 0 Å². The number of likely N-dealkylation sites (tertiary alicyclic amines) is 1. The SMILES string of the molecule is CCC(=O)N1CCCc2cc(CCN3CCC(C(=O)O)CC3)ccc21. The van der Waals surface area contributed by atoms with Gasteiger partial charge in [0.2, 0.25) is 5.91 Å². The second-order valence-electron chi connectivity index (χ2n) is 7.17. The Morgan fingerprint density at radius 1 is 1.20 bits per heavy atom.